The number of esters is 2. The molecule has 0 amide bonds. The zero-order valence-corrected chi connectivity index (χ0v) is 7.25. The highest BCUT2D eigenvalue weighted by Gasteiger charge is 2.06. The predicted octanol–water partition coefficient (Wildman–Crippen LogP) is 0.669. The van der Waals surface area contributed by atoms with Crippen molar-refractivity contribution in [2.75, 3.05) is 13.7 Å². The first-order chi connectivity index (χ1) is 5.57. The fourth-order valence-corrected chi connectivity index (χ4v) is 0.564. The number of hydrogen-bond acceptors (Lipinski definition) is 4. The van der Waals surface area contributed by atoms with Crippen LogP contribution in [0.25, 0.3) is 0 Å². The molecule has 68 valence electrons. The Morgan fingerprint density at radius 3 is 2.42 bits per heavy atom. The van der Waals surface area contributed by atoms with Crippen LogP contribution in [-0.4, -0.2) is 25.7 Å². The lowest BCUT2D eigenvalue weighted by atomic mass is 10.2. The molecule has 0 aliphatic carbocycles. The zero-order valence-electron chi connectivity index (χ0n) is 7.25. The molecule has 0 bridgehead atoms. The van der Waals surface area contributed by atoms with Crippen LogP contribution in [0.3, 0.4) is 0 Å². The molecule has 0 aromatic rings. The molecule has 0 aliphatic heterocycles. The third kappa shape index (κ3) is 4.49. The number of rotatable bonds is 4. The zero-order chi connectivity index (χ0) is 9.56. The van der Waals surface area contributed by atoms with Crippen LogP contribution < -0.4 is 0 Å². The Hall–Kier alpha value is -1.32. The van der Waals surface area contributed by atoms with Gasteiger partial charge in [-0.2, -0.15) is 0 Å². The summed E-state index contributed by atoms with van der Waals surface area (Å²) in [6, 6.07) is 0. The maximum atomic E-state index is 10.7. The topological polar surface area (TPSA) is 52.6 Å². The van der Waals surface area contributed by atoms with Crippen molar-refractivity contribution in [2.24, 2.45) is 0 Å². The molecule has 4 heteroatoms. The van der Waals surface area contributed by atoms with E-state index in [4.69, 9.17) is 0 Å². The minimum atomic E-state index is -0.470. The van der Waals surface area contributed by atoms with Crippen molar-refractivity contribution in [1.29, 1.82) is 0 Å². The molecule has 0 saturated heterocycles. The van der Waals surface area contributed by atoms with E-state index in [-0.39, 0.29) is 12.6 Å². The van der Waals surface area contributed by atoms with Crippen LogP contribution in [-0.2, 0) is 19.1 Å². The van der Waals surface area contributed by atoms with Crippen LogP contribution >= 0.6 is 0 Å². The molecule has 0 atom stereocenters. The quantitative estimate of drug-likeness (QED) is 0.462. The van der Waals surface area contributed by atoms with Gasteiger partial charge in [0.1, 0.15) is 0 Å². The molecule has 0 heterocycles. The van der Waals surface area contributed by atoms with Crippen LogP contribution in [0.4, 0.5) is 0 Å². The molecular formula is C8H12O4. The van der Waals surface area contributed by atoms with Gasteiger partial charge in [-0.3, -0.25) is 4.79 Å². The van der Waals surface area contributed by atoms with Gasteiger partial charge in [0.15, 0.2) is 0 Å². The van der Waals surface area contributed by atoms with Crippen molar-refractivity contribution in [3.05, 3.63) is 12.2 Å². The monoisotopic (exact) mass is 172 g/mol. The van der Waals surface area contributed by atoms with Gasteiger partial charge in [0.05, 0.1) is 13.7 Å². The molecule has 4 nitrogen and oxygen atoms in total. The molecule has 0 fully saturated rings. The van der Waals surface area contributed by atoms with Gasteiger partial charge in [-0.1, -0.05) is 6.58 Å². The fourth-order valence-electron chi connectivity index (χ4n) is 0.564. The van der Waals surface area contributed by atoms with E-state index in [9.17, 15) is 9.59 Å². The van der Waals surface area contributed by atoms with Gasteiger partial charge in [-0.15, -0.1) is 0 Å². The van der Waals surface area contributed by atoms with E-state index in [2.05, 4.69) is 16.1 Å². The fraction of sp³-hybridized carbons (Fsp3) is 0.500. The molecular weight excluding hydrogens is 160 g/mol. The van der Waals surface area contributed by atoms with Crippen LogP contribution in [0.15, 0.2) is 12.2 Å². The van der Waals surface area contributed by atoms with Crippen molar-refractivity contribution in [3.63, 3.8) is 0 Å². The van der Waals surface area contributed by atoms with E-state index in [1.54, 1.807) is 0 Å². The van der Waals surface area contributed by atoms with Crippen molar-refractivity contribution in [1.82, 2.24) is 0 Å². The van der Waals surface area contributed by atoms with Crippen LogP contribution in [0, 0.1) is 0 Å². The summed E-state index contributed by atoms with van der Waals surface area (Å²) in [6.45, 7) is 4.93. The van der Waals surface area contributed by atoms with Gasteiger partial charge in [0.25, 0.3) is 0 Å². The van der Waals surface area contributed by atoms with Crippen molar-refractivity contribution >= 4 is 11.9 Å². The minimum Gasteiger partial charge on any atom is -0.466 e. The Bertz CT molecular complexity index is 195. The normalized spacial score (nSPS) is 8.83. The van der Waals surface area contributed by atoms with E-state index in [0.717, 1.165) is 0 Å². The lowest BCUT2D eigenvalue weighted by Crippen LogP contribution is -2.08. The molecule has 0 unspecified atom stereocenters. The van der Waals surface area contributed by atoms with Gasteiger partial charge in [-0.25, -0.2) is 4.79 Å². The highest BCUT2D eigenvalue weighted by atomic mass is 16.5. The minimum absolute atomic E-state index is 0.170. The predicted molar refractivity (Wildman–Crippen MR) is 42.4 cm³/mol. The summed E-state index contributed by atoms with van der Waals surface area (Å²) in [6.07, 6.45) is 0.312. The molecule has 0 aliphatic rings. The Morgan fingerprint density at radius 1 is 1.42 bits per heavy atom. The summed E-state index contributed by atoms with van der Waals surface area (Å²) >= 11 is 0. The van der Waals surface area contributed by atoms with Crippen molar-refractivity contribution < 1.29 is 19.1 Å². The highest BCUT2D eigenvalue weighted by Crippen LogP contribution is 2.00. The van der Waals surface area contributed by atoms with E-state index < -0.39 is 5.97 Å². The molecule has 0 rings (SSSR count). The molecule has 0 aromatic carbocycles. The Morgan fingerprint density at radius 2 is 2.00 bits per heavy atom. The molecule has 0 saturated carbocycles. The van der Waals surface area contributed by atoms with Crippen LogP contribution in [0.5, 0.6) is 0 Å². The van der Waals surface area contributed by atoms with Gasteiger partial charge >= 0.3 is 11.9 Å². The van der Waals surface area contributed by atoms with Crippen LogP contribution in [0.2, 0.25) is 0 Å². The van der Waals surface area contributed by atoms with Crippen molar-refractivity contribution in [2.45, 2.75) is 13.3 Å². The average Bonchev–Trinajstić information content (AvgIpc) is 2.02. The summed E-state index contributed by atoms with van der Waals surface area (Å²) in [5.74, 6) is -0.838. The summed E-state index contributed by atoms with van der Waals surface area (Å²) in [7, 11) is 1.28. The van der Waals surface area contributed by atoms with Crippen molar-refractivity contribution in [3.8, 4) is 0 Å². The second kappa shape index (κ2) is 5.35. The summed E-state index contributed by atoms with van der Waals surface area (Å²) in [4.78, 5) is 21.0. The molecule has 12 heavy (non-hydrogen) atoms. The molecule has 0 aromatic heterocycles. The van der Waals surface area contributed by atoms with Crippen LogP contribution in [0.1, 0.15) is 13.3 Å². The average molecular weight is 172 g/mol. The van der Waals surface area contributed by atoms with E-state index in [1.165, 1.54) is 14.0 Å². The maximum absolute atomic E-state index is 10.7. The first-order valence-electron chi connectivity index (χ1n) is 3.47. The standard InChI is InChI=1S/C8H12O4/c1-6(8(10)11-3)4-5-12-7(2)9/h1,4-5H2,2-3H3. The number of carbonyl (C=O) groups is 2. The Balaban J connectivity index is 3.58. The summed E-state index contributed by atoms with van der Waals surface area (Å²) in [5, 5.41) is 0. The number of carbonyl (C=O) groups excluding carboxylic acids is 2. The SMILES string of the molecule is C=C(CCOC(C)=O)C(=O)OC. The summed E-state index contributed by atoms with van der Waals surface area (Å²) < 4.78 is 8.99. The highest BCUT2D eigenvalue weighted by molar-refractivity contribution is 5.87. The first-order valence-corrected chi connectivity index (χ1v) is 3.47. The molecule has 0 radical (unpaired) electrons. The largest absolute Gasteiger partial charge is 0.466 e. The lowest BCUT2D eigenvalue weighted by molar-refractivity contribution is -0.142. The maximum Gasteiger partial charge on any atom is 0.333 e. The lowest BCUT2D eigenvalue weighted by Gasteiger charge is -2.02. The number of ether oxygens (including phenoxy) is 2. The smallest absolute Gasteiger partial charge is 0.333 e. The Labute approximate surface area is 71.2 Å². The number of hydrogen-bond donors (Lipinski definition) is 0. The van der Waals surface area contributed by atoms with E-state index >= 15 is 0 Å². The Kier molecular flexibility index (Phi) is 4.76. The van der Waals surface area contributed by atoms with Gasteiger partial charge in [0, 0.05) is 18.9 Å². The first kappa shape index (κ1) is 10.7. The summed E-state index contributed by atoms with van der Waals surface area (Å²) in [5.41, 5.74) is 0.304. The van der Waals surface area contributed by atoms with Gasteiger partial charge in [0.2, 0.25) is 0 Å². The number of methoxy groups -OCH3 is 1. The van der Waals surface area contributed by atoms with Gasteiger partial charge < -0.3 is 9.47 Å². The van der Waals surface area contributed by atoms with Gasteiger partial charge in [-0.05, 0) is 0 Å². The van der Waals surface area contributed by atoms with E-state index in [1.807, 2.05) is 0 Å². The molecule has 0 spiro atoms. The molecule has 0 N–H and O–H groups in total. The second-order valence-corrected chi connectivity index (χ2v) is 2.19. The van der Waals surface area contributed by atoms with E-state index in [0.29, 0.717) is 12.0 Å². The second-order valence-electron chi connectivity index (χ2n) is 2.19. The third-order valence-corrected chi connectivity index (χ3v) is 1.18. The third-order valence-electron chi connectivity index (χ3n) is 1.18.